The van der Waals surface area contributed by atoms with Gasteiger partial charge in [-0.05, 0) is 24.6 Å². The van der Waals surface area contributed by atoms with Crippen LogP contribution in [0.5, 0.6) is 0 Å². The molecule has 0 radical (unpaired) electrons. The molecular weight excluding hydrogens is 304 g/mol. The van der Waals surface area contributed by atoms with Gasteiger partial charge in [0.15, 0.2) is 5.82 Å². The minimum atomic E-state index is 0.777. The summed E-state index contributed by atoms with van der Waals surface area (Å²) in [5, 5.41) is 14.0. The first-order valence-corrected chi connectivity index (χ1v) is 8.14. The molecule has 0 aliphatic rings. The van der Waals surface area contributed by atoms with Gasteiger partial charge in [0.1, 0.15) is 5.01 Å². The quantitative estimate of drug-likeness (QED) is 0.564. The SMILES string of the molecule is Cc1cccc(-c2nnc3sc(/C=C\c4ccccc4)nn23)c1. The fraction of sp³-hybridized carbons (Fsp3) is 0.0556. The van der Waals surface area contributed by atoms with E-state index in [-0.39, 0.29) is 0 Å². The molecule has 0 saturated carbocycles. The number of nitrogens with zero attached hydrogens (tertiary/aromatic N) is 4. The Balaban J connectivity index is 1.71. The lowest BCUT2D eigenvalue weighted by Crippen LogP contribution is -1.91. The molecule has 0 amide bonds. The van der Waals surface area contributed by atoms with Crippen LogP contribution < -0.4 is 0 Å². The van der Waals surface area contributed by atoms with Crippen LogP contribution in [0.2, 0.25) is 0 Å². The maximum atomic E-state index is 4.62. The Morgan fingerprint density at radius 3 is 2.65 bits per heavy atom. The highest BCUT2D eigenvalue weighted by atomic mass is 32.1. The van der Waals surface area contributed by atoms with E-state index in [0.29, 0.717) is 0 Å². The molecule has 0 N–H and O–H groups in total. The van der Waals surface area contributed by atoms with Gasteiger partial charge in [0, 0.05) is 5.56 Å². The van der Waals surface area contributed by atoms with Crippen molar-refractivity contribution < 1.29 is 0 Å². The lowest BCUT2D eigenvalue weighted by atomic mass is 10.1. The molecule has 0 aliphatic heterocycles. The second-order valence-corrected chi connectivity index (χ2v) is 6.26. The van der Waals surface area contributed by atoms with Crippen molar-refractivity contribution in [3.05, 3.63) is 70.7 Å². The highest BCUT2D eigenvalue weighted by Gasteiger charge is 2.12. The average Bonchev–Trinajstić information content (AvgIpc) is 3.14. The fourth-order valence-corrected chi connectivity index (χ4v) is 3.14. The molecule has 0 bridgehead atoms. The third-order valence-corrected chi connectivity index (χ3v) is 4.36. The van der Waals surface area contributed by atoms with E-state index >= 15 is 0 Å². The molecule has 0 spiro atoms. The maximum absolute atomic E-state index is 4.62. The Kier molecular flexibility index (Phi) is 3.48. The van der Waals surface area contributed by atoms with Crippen LogP contribution in [0.15, 0.2) is 54.6 Å². The predicted molar refractivity (Wildman–Crippen MR) is 94.2 cm³/mol. The Bertz CT molecular complexity index is 983. The smallest absolute Gasteiger partial charge is 0.182 e. The first-order valence-electron chi connectivity index (χ1n) is 7.32. The Hall–Kier alpha value is -2.79. The van der Waals surface area contributed by atoms with E-state index in [2.05, 4.69) is 52.6 Å². The predicted octanol–water partition coefficient (Wildman–Crippen LogP) is 4.33. The summed E-state index contributed by atoms with van der Waals surface area (Å²) in [7, 11) is 0. The molecule has 23 heavy (non-hydrogen) atoms. The van der Waals surface area contributed by atoms with Gasteiger partial charge in [-0.1, -0.05) is 71.5 Å². The number of benzene rings is 2. The van der Waals surface area contributed by atoms with Gasteiger partial charge in [0.05, 0.1) is 0 Å². The van der Waals surface area contributed by atoms with Gasteiger partial charge < -0.3 is 0 Å². The van der Waals surface area contributed by atoms with E-state index in [0.717, 1.165) is 26.9 Å². The van der Waals surface area contributed by atoms with Gasteiger partial charge in [0.25, 0.3) is 0 Å². The highest BCUT2D eigenvalue weighted by molar-refractivity contribution is 7.17. The monoisotopic (exact) mass is 318 g/mol. The lowest BCUT2D eigenvalue weighted by molar-refractivity contribution is 0.959. The molecule has 0 atom stereocenters. The molecule has 2 heterocycles. The van der Waals surface area contributed by atoms with Gasteiger partial charge in [-0.2, -0.15) is 9.61 Å². The van der Waals surface area contributed by atoms with Gasteiger partial charge in [0.2, 0.25) is 4.96 Å². The zero-order valence-electron chi connectivity index (χ0n) is 12.5. The summed E-state index contributed by atoms with van der Waals surface area (Å²) in [5.74, 6) is 0.777. The lowest BCUT2D eigenvalue weighted by Gasteiger charge is -1.98. The summed E-state index contributed by atoms with van der Waals surface area (Å²) in [6.45, 7) is 2.07. The van der Waals surface area contributed by atoms with E-state index in [4.69, 9.17) is 0 Å². The standard InChI is InChI=1S/C18H14N4S/c1-13-6-5-9-15(12-13)17-19-20-18-22(17)21-16(23-18)11-10-14-7-3-2-4-8-14/h2-12H,1H3/b11-10-. The van der Waals surface area contributed by atoms with Crippen LogP contribution in [0.1, 0.15) is 16.1 Å². The average molecular weight is 318 g/mol. The molecule has 2 aromatic heterocycles. The summed E-state index contributed by atoms with van der Waals surface area (Å²) in [6.07, 6.45) is 4.06. The Morgan fingerprint density at radius 2 is 1.83 bits per heavy atom. The van der Waals surface area contributed by atoms with Crippen LogP contribution in [0, 0.1) is 6.92 Å². The summed E-state index contributed by atoms with van der Waals surface area (Å²) >= 11 is 1.53. The molecule has 2 aromatic carbocycles. The summed E-state index contributed by atoms with van der Waals surface area (Å²) in [6, 6.07) is 18.4. The molecule has 5 heteroatoms. The van der Waals surface area contributed by atoms with E-state index in [1.165, 1.54) is 16.9 Å². The molecule has 112 valence electrons. The number of aryl methyl sites for hydroxylation is 1. The Labute approximate surface area is 137 Å². The second kappa shape index (κ2) is 5.78. The van der Waals surface area contributed by atoms with E-state index in [1.807, 2.05) is 40.9 Å². The van der Waals surface area contributed by atoms with Crippen molar-refractivity contribution in [2.24, 2.45) is 0 Å². The zero-order chi connectivity index (χ0) is 15.6. The van der Waals surface area contributed by atoms with E-state index in [9.17, 15) is 0 Å². The molecule has 4 nitrogen and oxygen atoms in total. The fourth-order valence-electron chi connectivity index (χ4n) is 2.39. The van der Waals surface area contributed by atoms with Crippen LogP contribution in [0.25, 0.3) is 28.5 Å². The van der Waals surface area contributed by atoms with Crippen molar-refractivity contribution in [3.63, 3.8) is 0 Å². The van der Waals surface area contributed by atoms with Crippen molar-refractivity contribution in [1.82, 2.24) is 19.8 Å². The molecule has 0 unspecified atom stereocenters. The molecular formula is C18H14N4S. The number of rotatable bonds is 3. The normalized spacial score (nSPS) is 11.5. The summed E-state index contributed by atoms with van der Waals surface area (Å²) in [5.41, 5.74) is 3.37. The van der Waals surface area contributed by atoms with Crippen LogP contribution in [0.4, 0.5) is 0 Å². The molecule has 0 aliphatic carbocycles. The van der Waals surface area contributed by atoms with Crippen molar-refractivity contribution in [2.75, 3.05) is 0 Å². The maximum Gasteiger partial charge on any atom is 0.235 e. The van der Waals surface area contributed by atoms with Crippen molar-refractivity contribution >= 4 is 28.4 Å². The van der Waals surface area contributed by atoms with E-state index < -0.39 is 0 Å². The van der Waals surface area contributed by atoms with Gasteiger partial charge >= 0.3 is 0 Å². The number of aromatic nitrogens is 4. The van der Waals surface area contributed by atoms with Crippen LogP contribution in [-0.4, -0.2) is 19.8 Å². The topological polar surface area (TPSA) is 43.1 Å². The summed E-state index contributed by atoms with van der Waals surface area (Å²) < 4.78 is 1.81. The molecule has 0 fully saturated rings. The number of hydrogen-bond donors (Lipinski definition) is 0. The van der Waals surface area contributed by atoms with E-state index in [1.54, 1.807) is 0 Å². The highest BCUT2D eigenvalue weighted by Crippen LogP contribution is 2.23. The minimum Gasteiger partial charge on any atom is -0.182 e. The molecule has 4 aromatic rings. The largest absolute Gasteiger partial charge is 0.235 e. The number of hydrogen-bond acceptors (Lipinski definition) is 4. The zero-order valence-corrected chi connectivity index (χ0v) is 13.4. The van der Waals surface area contributed by atoms with Gasteiger partial charge in [-0.15, -0.1) is 10.2 Å². The van der Waals surface area contributed by atoms with Crippen LogP contribution in [-0.2, 0) is 0 Å². The second-order valence-electron chi connectivity index (χ2n) is 5.27. The van der Waals surface area contributed by atoms with Crippen LogP contribution in [0.3, 0.4) is 0 Å². The first-order chi connectivity index (χ1) is 11.3. The third-order valence-electron chi connectivity index (χ3n) is 3.50. The number of fused-ring (bicyclic) bond motifs is 1. The molecule has 0 saturated heterocycles. The van der Waals surface area contributed by atoms with Gasteiger partial charge in [-0.25, -0.2) is 0 Å². The minimum absolute atomic E-state index is 0.777. The third kappa shape index (κ3) is 2.78. The van der Waals surface area contributed by atoms with Crippen molar-refractivity contribution in [1.29, 1.82) is 0 Å². The molecule has 4 rings (SSSR count). The summed E-state index contributed by atoms with van der Waals surface area (Å²) in [4.78, 5) is 0.800. The van der Waals surface area contributed by atoms with Crippen molar-refractivity contribution in [2.45, 2.75) is 6.92 Å². The van der Waals surface area contributed by atoms with Crippen molar-refractivity contribution in [3.8, 4) is 11.4 Å². The Morgan fingerprint density at radius 1 is 0.957 bits per heavy atom. The first kappa shape index (κ1) is 13.8. The van der Waals surface area contributed by atoms with Gasteiger partial charge in [-0.3, -0.25) is 0 Å². The van der Waals surface area contributed by atoms with Crippen LogP contribution >= 0.6 is 11.3 Å².